The molecule has 1 aromatic heterocycles. The van der Waals surface area contributed by atoms with Crippen molar-refractivity contribution in [2.45, 2.75) is 5.22 Å². The lowest BCUT2D eigenvalue weighted by Gasteiger charge is -2.36. The minimum Gasteiger partial charge on any atom is -0.496 e. The number of ether oxygens (including phenoxy) is 1. The fourth-order valence-corrected chi connectivity index (χ4v) is 4.44. The quantitative estimate of drug-likeness (QED) is 0.570. The van der Waals surface area contributed by atoms with Gasteiger partial charge in [0.25, 0.3) is 5.89 Å². The third-order valence-corrected chi connectivity index (χ3v) is 6.40. The molecule has 162 valence electrons. The molecule has 1 fully saturated rings. The number of carbonyl (C=O) groups excluding carboxylic acids is 1. The van der Waals surface area contributed by atoms with Crippen LogP contribution in [0.2, 0.25) is 0 Å². The van der Waals surface area contributed by atoms with Crippen molar-refractivity contribution in [1.82, 2.24) is 15.1 Å². The van der Waals surface area contributed by atoms with Crippen LogP contribution in [-0.4, -0.2) is 68.5 Å². The minimum absolute atomic E-state index is 0.0138. The average molecular weight is 442 g/mol. The van der Waals surface area contributed by atoms with E-state index in [2.05, 4.69) is 15.1 Å². The van der Waals surface area contributed by atoms with E-state index < -0.39 is 26.7 Å². The second kappa shape index (κ2) is 8.76. The number of hydrogen-bond donors (Lipinski definition) is 0. The van der Waals surface area contributed by atoms with Gasteiger partial charge in [-0.05, 0) is 24.3 Å². The van der Waals surface area contributed by atoms with Gasteiger partial charge in [0.05, 0.1) is 12.7 Å². The molecule has 0 N–H and O–H groups in total. The van der Waals surface area contributed by atoms with Crippen molar-refractivity contribution >= 4 is 21.4 Å². The first-order valence-corrected chi connectivity index (χ1v) is 11.4. The van der Waals surface area contributed by atoms with Crippen LogP contribution in [0.3, 0.4) is 0 Å². The van der Waals surface area contributed by atoms with Gasteiger partial charge in [0.15, 0.2) is 0 Å². The first-order valence-electron chi connectivity index (χ1n) is 9.75. The summed E-state index contributed by atoms with van der Waals surface area (Å²) in [5, 5.41) is 6.89. The normalized spacial score (nSPS) is 14.5. The van der Waals surface area contributed by atoms with E-state index in [4.69, 9.17) is 9.15 Å². The van der Waals surface area contributed by atoms with E-state index in [0.29, 0.717) is 37.5 Å². The van der Waals surface area contributed by atoms with Gasteiger partial charge in [-0.1, -0.05) is 35.4 Å². The molecule has 10 heteroatoms. The lowest BCUT2D eigenvalue weighted by molar-refractivity contribution is -0.128. The second-order valence-corrected chi connectivity index (χ2v) is 8.90. The molecule has 4 rings (SSSR count). The molecule has 0 aliphatic carbocycles. The van der Waals surface area contributed by atoms with Gasteiger partial charge in [-0.2, -0.15) is 0 Å². The summed E-state index contributed by atoms with van der Waals surface area (Å²) in [6.45, 7) is 2.15. The van der Waals surface area contributed by atoms with Crippen molar-refractivity contribution < 1.29 is 22.4 Å². The van der Waals surface area contributed by atoms with Crippen LogP contribution in [0.1, 0.15) is 0 Å². The maximum absolute atomic E-state index is 12.7. The molecule has 9 nitrogen and oxygen atoms in total. The highest BCUT2D eigenvalue weighted by Crippen LogP contribution is 2.29. The molecule has 1 saturated heterocycles. The zero-order chi connectivity index (χ0) is 21.8. The molecular formula is C21H22N4O5S. The van der Waals surface area contributed by atoms with E-state index in [0.717, 1.165) is 5.69 Å². The summed E-state index contributed by atoms with van der Waals surface area (Å²) in [6, 6.07) is 16.8. The summed E-state index contributed by atoms with van der Waals surface area (Å²) in [7, 11) is -2.58. The molecule has 0 atom stereocenters. The number of rotatable bonds is 6. The zero-order valence-corrected chi connectivity index (χ0v) is 17.8. The Kier molecular flexibility index (Phi) is 5.90. The third kappa shape index (κ3) is 4.53. The number of para-hydroxylation sites is 2. The van der Waals surface area contributed by atoms with Gasteiger partial charge in [0.1, 0.15) is 11.5 Å². The number of piperazine rings is 1. The number of benzene rings is 2. The molecule has 0 spiro atoms. The zero-order valence-electron chi connectivity index (χ0n) is 17.0. The fourth-order valence-electron chi connectivity index (χ4n) is 3.43. The number of anilines is 1. The third-order valence-electron chi connectivity index (χ3n) is 5.08. The Labute approximate surface area is 180 Å². The van der Waals surface area contributed by atoms with Gasteiger partial charge in [0, 0.05) is 31.9 Å². The maximum atomic E-state index is 12.7. The van der Waals surface area contributed by atoms with Gasteiger partial charge >= 0.3 is 5.22 Å². The predicted molar refractivity (Wildman–Crippen MR) is 114 cm³/mol. The molecule has 1 aliphatic heterocycles. The summed E-state index contributed by atoms with van der Waals surface area (Å²) in [4.78, 5) is 16.3. The number of aromatic nitrogens is 2. The van der Waals surface area contributed by atoms with Crippen molar-refractivity contribution in [3.63, 3.8) is 0 Å². The number of nitrogens with zero attached hydrogens (tertiary/aromatic N) is 4. The fraction of sp³-hybridized carbons (Fsp3) is 0.286. The second-order valence-electron chi connectivity index (χ2n) is 7.04. The smallest absolute Gasteiger partial charge is 0.336 e. The highest BCUT2D eigenvalue weighted by molar-refractivity contribution is 7.91. The van der Waals surface area contributed by atoms with Gasteiger partial charge < -0.3 is 19.0 Å². The first-order chi connectivity index (χ1) is 15.0. The van der Waals surface area contributed by atoms with Gasteiger partial charge in [0.2, 0.25) is 15.7 Å². The van der Waals surface area contributed by atoms with Crippen LogP contribution in [0.25, 0.3) is 11.5 Å². The van der Waals surface area contributed by atoms with Crippen LogP contribution in [-0.2, 0) is 14.6 Å². The molecule has 31 heavy (non-hydrogen) atoms. The summed E-state index contributed by atoms with van der Waals surface area (Å²) in [5.74, 6) is -0.710. The van der Waals surface area contributed by atoms with Crippen molar-refractivity contribution in [3.8, 4) is 17.2 Å². The summed E-state index contributed by atoms with van der Waals surface area (Å²) >= 11 is 0. The molecule has 3 aromatic rings. The Morgan fingerprint density at radius 2 is 1.68 bits per heavy atom. The lowest BCUT2D eigenvalue weighted by atomic mass is 10.2. The monoisotopic (exact) mass is 442 g/mol. The predicted octanol–water partition coefficient (Wildman–Crippen LogP) is 1.87. The van der Waals surface area contributed by atoms with Crippen molar-refractivity contribution in [1.29, 1.82) is 0 Å². The molecule has 1 aliphatic rings. The first kappa shape index (κ1) is 20.9. The SMILES string of the molecule is COc1ccccc1-c1nnc(S(=O)(=O)CC(=O)N2CCN(c3ccccc3)CC2)o1. The van der Waals surface area contributed by atoms with E-state index in [-0.39, 0.29) is 5.89 Å². The number of amides is 1. The molecule has 1 amide bonds. The Hall–Kier alpha value is -3.40. The molecule has 0 unspecified atom stereocenters. The van der Waals surface area contributed by atoms with Crippen LogP contribution >= 0.6 is 0 Å². The summed E-state index contributed by atoms with van der Waals surface area (Å²) < 4.78 is 36.0. The Balaban J connectivity index is 1.41. The highest BCUT2D eigenvalue weighted by Gasteiger charge is 2.30. The average Bonchev–Trinajstić information content (AvgIpc) is 3.31. The summed E-state index contributed by atoms with van der Waals surface area (Å²) in [6.07, 6.45) is 0. The number of carbonyl (C=O) groups is 1. The van der Waals surface area contributed by atoms with Crippen LogP contribution in [0.4, 0.5) is 5.69 Å². The number of sulfone groups is 1. The largest absolute Gasteiger partial charge is 0.496 e. The minimum atomic E-state index is -4.07. The number of methoxy groups -OCH3 is 1. The van der Waals surface area contributed by atoms with Crippen LogP contribution in [0.15, 0.2) is 64.2 Å². The van der Waals surface area contributed by atoms with Crippen LogP contribution in [0, 0.1) is 0 Å². The van der Waals surface area contributed by atoms with Crippen molar-refractivity contribution in [2.75, 3.05) is 43.9 Å². The lowest BCUT2D eigenvalue weighted by Crippen LogP contribution is -2.50. The van der Waals surface area contributed by atoms with E-state index >= 15 is 0 Å². The van der Waals surface area contributed by atoms with Gasteiger partial charge in [-0.15, -0.1) is 5.10 Å². The molecule has 0 saturated carbocycles. The van der Waals surface area contributed by atoms with E-state index in [1.54, 1.807) is 29.2 Å². The topological polar surface area (TPSA) is 106 Å². The molecule has 0 radical (unpaired) electrons. The Morgan fingerprint density at radius 1 is 1.00 bits per heavy atom. The molecule has 0 bridgehead atoms. The van der Waals surface area contributed by atoms with Crippen molar-refractivity contribution in [2.24, 2.45) is 0 Å². The van der Waals surface area contributed by atoms with Crippen molar-refractivity contribution in [3.05, 3.63) is 54.6 Å². The molecule has 2 heterocycles. The molecular weight excluding hydrogens is 420 g/mol. The number of hydrogen-bond acceptors (Lipinski definition) is 8. The van der Waals surface area contributed by atoms with Crippen LogP contribution in [0.5, 0.6) is 5.75 Å². The summed E-state index contributed by atoms with van der Waals surface area (Å²) in [5.41, 5.74) is 1.55. The van der Waals surface area contributed by atoms with E-state index in [1.165, 1.54) is 7.11 Å². The van der Waals surface area contributed by atoms with Gasteiger partial charge in [-0.3, -0.25) is 4.79 Å². The molecule has 2 aromatic carbocycles. The Bertz CT molecular complexity index is 1160. The maximum Gasteiger partial charge on any atom is 0.336 e. The van der Waals surface area contributed by atoms with E-state index in [9.17, 15) is 13.2 Å². The standard InChI is InChI=1S/C21H22N4O5S/c1-29-18-10-6-5-9-17(18)20-22-23-21(30-20)31(27,28)15-19(26)25-13-11-24(12-14-25)16-7-3-2-4-8-16/h2-10H,11-15H2,1H3. The van der Waals surface area contributed by atoms with E-state index in [1.807, 2.05) is 30.3 Å². The Morgan fingerprint density at radius 3 is 2.39 bits per heavy atom. The van der Waals surface area contributed by atoms with Crippen LogP contribution < -0.4 is 9.64 Å². The highest BCUT2D eigenvalue weighted by atomic mass is 32.2. The van der Waals surface area contributed by atoms with Gasteiger partial charge in [-0.25, -0.2) is 8.42 Å².